The minimum absolute atomic E-state index is 0.0581. The molecule has 0 unspecified atom stereocenters. The third kappa shape index (κ3) is 5.98. The molecule has 13 nitrogen and oxygen atoms in total. The first-order valence-corrected chi connectivity index (χ1v) is 23.6. The predicted octanol–water partition coefficient (Wildman–Crippen LogP) is 6.39. The average Bonchev–Trinajstić information content (AvgIpc) is 3.96. The standard InChI is InChI=1S/C50H62O13/c1-24-36(25(2)52)41(55)38-29(40(24)54)16-26(45(58)59)17-35(38)61-46-42(56)43(57)50-20-30-31-19-48(14-13-47(22-48)10-3-4-11-47)18-27-21-60-23-49(39(27)31,12-5-15-51)32-7-6-28(37(30)32)34(63-50)9-8-33(53)44(50)62-46/h7,16-17,27,30-31,33-34,39,42-44,46,51,53-57H,3-6,8-15,18-23H2,1-2H3,(H,58,59)/t27-,30+,31+,33+,34-,39-,42-,43-,44-,46-,48-,49+,50+/m1/s1. The summed E-state index contributed by atoms with van der Waals surface area (Å²) in [5.74, 6) is -2.40. The van der Waals surface area contributed by atoms with Gasteiger partial charge in [-0.2, -0.15) is 0 Å². The molecule has 7 N–H and O–H groups in total. The number of carboxylic acids is 1. The van der Waals surface area contributed by atoms with Crippen molar-refractivity contribution in [2.45, 2.75) is 153 Å². The number of phenols is 2. The van der Waals surface area contributed by atoms with Crippen LogP contribution in [-0.2, 0) is 14.2 Å². The highest BCUT2D eigenvalue weighted by Crippen LogP contribution is 2.73. The van der Waals surface area contributed by atoms with Crippen LogP contribution in [0.5, 0.6) is 17.2 Å². The zero-order chi connectivity index (χ0) is 44.0. The molecule has 2 aromatic carbocycles. The zero-order valence-corrected chi connectivity index (χ0v) is 36.3. The van der Waals surface area contributed by atoms with Crippen LogP contribution in [0.1, 0.15) is 130 Å². The molecule has 7 fully saturated rings. The number of ether oxygens (including phenoxy) is 4. The van der Waals surface area contributed by atoms with E-state index in [2.05, 4.69) is 6.08 Å². The summed E-state index contributed by atoms with van der Waals surface area (Å²) in [6.45, 7) is 4.09. The number of Topliss-reactive ketones (excluding diaryl/α,β-unsaturated/α-hetero) is 1. The Morgan fingerprint density at radius 2 is 1.75 bits per heavy atom. The van der Waals surface area contributed by atoms with Crippen LogP contribution in [0.15, 0.2) is 34.9 Å². The van der Waals surface area contributed by atoms with Gasteiger partial charge in [-0.15, -0.1) is 0 Å². The van der Waals surface area contributed by atoms with E-state index in [4.69, 9.17) is 18.9 Å². The first-order chi connectivity index (χ1) is 30.2. The van der Waals surface area contributed by atoms with Crippen LogP contribution in [0.2, 0.25) is 0 Å². The van der Waals surface area contributed by atoms with Gasteiger partial charge < -0.3 is 54.7 Å². The Morgan fingerprint density at radius 3 is 2.49 bits per heavy atom. The van der Waals surface area contributed by atoms with E-state index in [-0.39, 0.29) is 74.8 Å². The van der Waals surface area contributed by atoms with Crippen LogP contribution in [-0.4, -0.2) is 110 Å². The highest BCUT2D eigenvalue weighted by atomic mass is 16.7. The van der Waals surface area contributed by atoms with Crippen molar-refractivity contribution in [3.8, 4) is 17.2 Å². The molecule has 0 radical (unpaired) electrons. The maximum Gasteiger partial charge on any atom is 0.335 e. The summed E-state index contributed by atoms with van der Waals surface area (Å²) >= 11 is 0. The molecule has 13 atom stereocenters. The van der Waals surface area contributed by atoms with Crippen molar-refractivity contribution >= 4 is 22.5 Å². The van der Waals surface area contributed by atoms with Crippen molar-refractivity contribution in [3.05, 3.63) is 51.6 Å². The number of fused-ring (bicyclic) bond motifs is 5. The second kappa shape index (κ2) is 14.7. The van der Waals surface area contributed by atoms with Gasteiger partial charge in [0.05, 0.1) is 35.3 Å². The monoisotopic (exact) mass is 870 g/mol. The summed E-state index contributed by atoms with van der Waals surface area (Å²) in [5.41, 5.74) is 2.11. The van der Waals surface area contributed by atoms with Crippen LogP contribution in [0, 0.1) is 46.8 Å². The number of carbonyl (C=O) groups is 2. The van der Waals surface area contributed by atoms with Crippen LogP contribution in [0.4, 0.5) is 0 Å². The van der Waals surface area contributed by atoms with Crippen LogP contribution in [0.25, 0.3) is 10.8 Å². The predicted molar refractivity (Wildman–Crippen MR) is 227 cm³/mol. The average molecular weight is 871 g/mol. The summed E-state index contributed by atoms with van der Waals surface area (Å²) in [7, 11) is 0. The minimum Gasteiger partial charge on any atom is -0.507 e. The summed E-state index contributed by atoms with van der Waals surface area (Å²) in [6, 6.07) is 2.29. The second-order valence-electron chi connectivity index (χ2n) is 21.5. The largest absolute Gasteiger partial charge is 0.507 e. The summed E-state index contributed by atoms with van der Waals surface area (Å²) in [6.07, 6.45) is 8.80. The van der Waals surface area contributed by atoms with E-state index in [1.165, 1.54) is 81.6 Å². The van der Waals surface area contributed by atoms with E-state index < -0.39 is 65.7 Å². The fourth-order valence-electron chi connectivity index (χ4n) is 16.1. The SMILES string of the molecule is CC(=O)c1c(C)c(O)c2cc(C(=O)O)cc(O[C@@H]3O[C@@H]4[C@@H](O)CC[C@H]5O[C@@]4(C[C@@H]4C6=C5CC=C6[C@]5(CCCO)COC[C@H]6C[C@]7(CCC8(CCCC8)C7)C[C@@H]4[C@@H]65)[C@H](O)[C@H]3O)c2c1O. The number of aromatic hydroxyl groups is 2. The van der Waals surface area contributed by atoms with Crippen molar-refractivity contribution in [2.75, 3.05) is 19.8 Å². The lowest BCUT2D eigenvalue weighted by Crippen LogP contribution is -2.71. The number of allylic oxidation sites excluding steroid dienone is 2. The smallest absolute Gasteiger partial charge is 0.335 e. The van der Waals surface area contributed by atoms with Gasteiger partial charge in [0, 0.05) is 29.6 Å². The van der Waals surface area contributed by atoms with Gasteiger partial charge >= 0.3 is 5.97 Å². The van der Waals surface area contributed by atoms with E-state index in [1.54, 1.807) is 0 Å². The molecule has 3 spiro atoms. The third-order valence-electron chi connectivity index (χ3n) is 18.3. The first-order valence-electron chi connectivity index (χ1n) is 23.6. The Hall–Kier alpha value is -3.56. The lowest BCUT2D eigenvalue weighted by molar-refractivity contribution is -0.336. The molecular formula is C50H62O13. The Morgan fingerprint density at radius 1 is 0.968 bits per heavy atom. The molecule has 9 aliphatic rings. The van der Waals surface area contributed by atoms with Gasteiger partial charge in [0.2, 0.25) is 6.29 Å². The van der Waals surface area contributed by atoms with Gasteiger partial charge in [-0.1, -0.05) is 18.9 Å². The number of rotatable bonds is 7. The summed E-state index contributed by atoms with van der Waals surface area (Å²) in [5, 5.41) is 80.1. The van der Waals surface area contributed by atoms with E-state index in [1.807, 2.05) is 0 Å². The Bertz CT molecular complexity index is 2330. The molecule has 340 valence electrons. The van der Waals surface area contributed by atoms with Crippen molar-refractivity contribution in [1.82, 2.24) is 0 Å². The van der Waals surface area contributed by atoms with Gasteiger partial charge in [-0.3, -0.25) is 4.79 Å². The number of hydrogen-bond acceptors (Lipinski definition) is 12. The molecule has 4 heterocycles. The molecule has 5 aliphatic carbocycles. The lowest BCUT2D eigenvalue weighted by atomic mass is 9.42. The Labute approximate surface area is 367 Å². The van der Waals surface area contributed by atoms with E-state index in [0.29, 0.717) is 50.2 Å². The Balaban J connectivity index is 1.01. The highest BCUT2D eigenvalue weighted by molar-refractivity contribution is 6.11. The molecule has 63 heavy (non-hydrogen) atoms. The van der Waals surface area contributed by atoms with E-state index in [9.17, 15) is 45.3 Å². The van der Waals surface area contributed by atoms with Crippen LogP contribution in [0.3, 0.4) is 0 Å². The van der Waals surface area contributed by atoms with Gasteiger partial charge in [0.25, 0.3) is 0 Å². The topological polar surface area (TPSA) is 213 Å². The van der Waals surface area contributed by atoms with E-state index >= 15 is 0 Å². The molecule has 0 aromatic heterocycles. The van der Waals surface area contributed by atoms with Crippen LogP contribution >= 0.6 is 0 Å². The normalized spacial score (nSPS) is 40.9. The highest BCUT2D eigenvalue weighted by Gasteiger charge is 2.69. The van der Waals surface area contributed by atoms with Gasteiger partial charge in [-0.05, 0) is 161 Å². The molecule has 4 saturated carbocycles. The van der Waals surface area contributed by atoms with Gasteiger partial charge in [0.15, 0.2) is 5.78 Å². The quantitative estimate of drug-likeness (QED) is 0.119. The number of carboxylic acid groups (broad SMARTS) is 1. The van der Waals surface area contributed by atoms with Gasteiger partial charge in [-0.25, -0.2) is 4.79 Å². The van der Waals surface area contributed by atoms with Gasteiger partial charge in [0.1, 0.15) is 41.2 Å². The number of hydrogen-bond donors (Lipinski definition) is 7. The Kier molecular flexibility index (Phi) is 9.84. The number of carbonyl (C=O) groups excluding carboxylic acids is 1. The van der Waals surface area contributed by atoms with Crippen molar-refractivity contribution < 1.29 is 64.3 Å². The van der Waals surface area contributed by atoms with Crippen molar-refractivity contribution in [1.29, 1.82) is 0 Å². The lowest BCUT2D eigenvalue weighted by Gasteiger charge is -2.64. The molecule has 0 amide bonds. The molecule has 13 heteroatoms. The molecule has 4 aliphatic heterocycles. The molecule has 3 saturated heterocycles. The van der Waals surface area contributed by atoms with Crippen LogP contribution < -0.4 is 4.74 Å². The van der Waals surface area contributed by atoms with E-state index in [0.717, 1.165) is 25.3 Å². The first kappa shape index (κ1) is 42.1. The molecule has 2 aromatic rings. The van der Waals surface area contributed by atoms with Crippen molar-refractivity contribution in [2.24, 2.45) is 39.9 Å². The zero-order valence-electron chi connectivity index (χ0n) is 36.3. The fraction of sp³-hybridized carbons (Fsp3) is 0.680. The summed E-state index contributed by atoms with van der Waals surface area (Å²) < 4.78 is 26.9. The number of aliphatic hydroxyl groups is 4. The number of ketones is 1. The van der Waals surface area contributed by atoms with Crippen molar-refractivity contribution in [3.63, 3.8) is 0 Å². The number of aromatic carboxylic acids is 1. The summed E-state index contributed by atoms with van der Waals surface area (Å²) in [4.78, 5) is 25.1. The minimum atomic E-state index is -1.77. The fourth-order valence-corrected chi connectivity index (χ4v) is 16.1. The number of phenolic OH excluding ortho intramolecular Hbond substituents is 2. The number of benzene rings is 2. The molecule has 2 bridgehead atoms. The maximum atomic E-state index is 12.8. The number of aliphatic hydroxyl groups excluding tert-OH is 4. The third-order valence-corrected chi connectivity index (χ3v) is 18.3. The molecular weight excluding hydrogens is 809 g/mol. The molecule has 11 rings (SSSR count). The maximum absolute atomic E-state index is 12.8. The second-order valence-corrected chi connectivity index (χ2v) is 21.5.